The number of carbonyl (C=O) groups is 1. The molecule has 0 radical (unpaired) electrons. The normalized spacial score (nSPS) is 12.9. The summed E-state index contributed by atoms with van der Waals surface area (Å²) in [6.07, 6.45) is -0.985. The highest BCUT2D eigenvalue weighted by Gasteiger charge is 2.38. The summed E-state index contributed by atoms with van der Waals surface area (Å²) in [7, 11) is 0. The van der Waals surface area contributed by atoms with Gasteiger partial charge in [-0.1, -0.05) is 24.3 Å². The van der Waals surface area contributed by atoms with Gasteiger partial charge in [-0.25, -0.2) is 4.79 Å². The molecule has 0 aromatic heterocycles. The van der Waals surface area contributed by atoms with Crippen LogP contribution in [0.3, 0.4) is 0 Å². The van der Waals surface area contributed by atoms with Crippen LogP contribution in [0.4, 0.5) is 13.2 Å². The molecule has 1 aliphatic rings. The lowest BCUT2D eigenvalue weighted by molar-refractivity contribution is -0.192. The maximum absolute atomic E-state index is 10.6. The van der Waals surface area contributed by atoms with Gasteiger partial charge in [0.15, 0.2) is 0 Å². The number of rotatable bonds is 0. The first-order valence-electron chi connectivity index (χ1n) is 4.60. The molecule has 3 nitrogen and oxygen atoms in total. The number of carboxylic acids is 1. The zero-order chi connectivity index (χ0) is 12.9. The molecule has 0 bridgehead atoms. The van der Waals surface area contributed by atoms with Crippen LogP contribution in [0.1, 0.15) is 5.56 Å². The Kier molecular flexibility index (Phi) is 4.14. The van der Waals surface area contributed by atoms with E-state index in [1.165, 1.54) is 5.56 Å². The van der Waals surface area contributed by atoms with Gasteiger partial charge in [0, 0.05) is 5.56 Å². The number of alkyl halides is 3. The number of ether oxygens (including phenoxy) is 1. The first-order valence-corrected chi connectivity index (χ1v) is 4.60. The highest BCUT2D eigenvalue weighted by atomic mass is 19.4. The number of hydrogen-bond acceptors (Lipinski definition) is 2. The Labute approximate surface area is 95.1 Å². The molecule has 2 rings (SSSR count). The van der Waals surface area contributed by atoms with Crippen molar-refractivity contribution in [3.05, 3.63) is 35.9 Å². The summed E-state index contributed by atoms with van der Waals surface area (Å²) in [5.41, 5.74) is 1.17. The summed E-state index contributed by atoms with van der Waals surface area (Å²) >= 11 is 0. The fourth-order valence-corrected chi connectivity index (χ4v) is 1.06. The molecule has 1 heterocycles. The number of benzene rings is 1. The monoisotopic (exact) mass is 246 g/mol. The molecule has 17 heavy (non-hydrogen) atoms. The largest absolute Gasteiger partial charge is 0.490 e. The van der Waals surface area contributed by atoms with Gasteiger partial charge >= 0.3 is 12.1 Å². The van der Waals surface area contributed by atoms with Crippen molar-refractivity contribution in [2.45, 2.75) is 6.18 Å². The molecule has 0 unspecified atom stereocenters. The zero-order valence-corrected chi connectivity index (χ0v) is 8.57. The molecule has 1 aromatic rings. The molecule has 0 atom stereocenters. The smallest absolute Gasteiger partial charge is 0.489 e. The average molecular weight is 246 g/mol. The van der Waals surface area contributed by atoms with Crippen molar-refractivity contribution < 1.29 is 27.8 Å². The third kappa shape index (κ3) is 4.18. The van der Waals surface area contributed by atoms with Gasteiger partial charge in [-0.2, -0.15) is 13.2 Å². The second-order valence-electron chi connectivity index (χ2n) is 3.05. The van der Waals surface area contributed by atoms with E-state index in [0.29, 0.717) is 6.61 Å². The molecule has 0 fully saturated rings. The maximum atomic E-state index is 10.6. The molecular formula is C11H9F3O3. The molecule has 0 saturated heterocycles. The van der Waals surface area contributed by atoms with Crippen LogP contribution in [0.15, 0.2) is 30.3 Å². The fourth-order valence-electron chi connectivity index (χ4n) is 1.06. The number of aliphatic carboxylic acids is 1. The maximum Gasteiger partial charge on any atom is 0.490 e. The molecule has 6 heteroatoms. The van der Waals surface area contributed by atoms with Crippen molar-refractivity contribution in [3.63, 3.8) is 0 Å². The van der Waals surface area contributed by atoms with E-state index >= 15 is 0 Å². The van der Waals surface area contributed by atoms with Crippen molar-refractivity contribution in [3.8, 4) is 5.75 Å². The molecule has 92 valence electrons. The minimum absolute atomic E-state index is 0.705. The second-order valence-corrected chi connectivity index (χ2v) is 3.05. The predicted molar refractivity (Wildman–Crippen MR) is 54.7 cm³/mol. The average Bonchev–Trinajstić information content (AvgIpc) is 2.29. The van der Waals surface area contributed by atoms with Gasteiger partial charge in [0.2, 0.25) is 0 Å². The molecule has 0 spiro atoms. The van der Waals surface area contributed by atoms with E-state index in [4.69, 9.17) is 14.6 Å². The molecule has 0 aliphatic carbocycles. The van der Waals surface area contributed by atoms with Crippen molar-refractivity contribution in [1.29, 1.82) is 0 Å². The van der Waals surface area contributed by atoms with Gasteiger partial charge in [0.1, 0.15) is 12.4 Å². The minimum Gasteiger partial charge on any atom is -0.489 e. The van der Waals surface area contributed by atoms with Gasteiger partial charge < -0.3 is 9.84 Å². The summed E-state index contributed by atoms with van der Waals surface area (Å²) < 4.78 is 37.1. The Morgan fingerprint density at radius 2 is 1.88 bits per heavy atom. The number of hydrogen-bond donors (Lipinski definition) is 1. The van der Waals surface area contributed by atoms with Gasteiger partial charge in [-0.15, -0.1) is 0 Å². The molecule has 1 aliphatic heterocycles. The van der Waals surface area contributed by atoms with Crippen molar-refractivity contribution in [1.82, 2.24) is 0 Å². The summed E-state index contributed by atoms with van der Waals surface area (Å²) in [6, 6.07) is 8.03. The zero-order valence-electron chi connectivity index (χ0n) is 8.57. The number of fused-ring (bicyclic) bond motifs is 1. The molecule has 1 aromatic carbocycles. The SMILES string of the molecule is C1=Cc2ccccc2OC1.O=C(O)C(F)(F)F. The van der Waals surface area contributed by atoms with Crippen LogP contribution in [0, 0.1) is 0 Å². The summed E-state index contributed by atoms with van der Waals surface area (Å²) in [5, 5.41) is 7.12. The van der Waals surface area contributed by atoms with Crippen LogP contribution in [0.25, 0.3) is 6.08 Å². The summed E-state index contributed by atoms with van der Waals surface area (Å²) in [4.78, 5) is 8.90. The quantitative estimate of drug-likeness (QED) is 0.765. The van der Waals surface area contributed by atoms with Gasteiger partial charge in [0.05, 0.1) is 0 Å². The first-order chi connectivity index (χ1) is 7.91. The van der Waals surface area contributed by atoms with Gasteiger partial charge in [0.25, 0.3) is 0 Å². The van der Waals surface area contributed by atoms with E-state index in [2.05, 4.69) is 6.08 Å². The Hall–Kier alpha value is -1.98. The first kappa shape index (κ1) is 13.1. The van der Waals surface area contributed by atoms with E-state index in [9.17, 15) is 13.2 Å². The Bertz CT molecular complexity index is 424. The molecule has 1 N–H and O–H groups in total. The summed E-state index contributed by atoms with van der Waals surface area (Å²) in [6.45, 7) is 0.705. The Balaban J connectivity index is 0.000000185. The van der Waals surface area contributed by atoms with E-state index in [1.807, 2.05) is 30.3 Å². The fraction of sp³-hybridized carbons (Fsp3) is 0.182. The lowest BCUT2D eigenvalue weighted by atomic mass is 10.1. The van der Waals surface area contributed by atoms with Gasteiger partial charge in [-0.3, -0.25) is 0 Å². The van der Waals surface area contributed by atoms with Crippen molar-refractivity contribution >= 4 is 12.0 Å². The van der Waals surface area contributed by atoms with Crippen LogP contribution in [0.5, 0.6) is 5.75 Å². The van der Waals surface area contributed by atoms with Crippen LogP contribution >= 0.6 is 0 Å². The molecular weight excluding hydrogens is 237 g/mol. The van der Waals surface area contributed by atoms with Crippen molar-refractivity contribution in [2.75, 3.05) is 6.61 Å². The molecule has 0 saturated carbocycles. The van der Waals surface area contributed by atoms with E-state index in [-0.39, 0.29) is 0 Å². The lowest BCUT2D eigenvalue weighted by Gasteiger charge is -2.10. The van der Waals surface area contributed by atoms with Crippen molar-refractivity contribution in [2.24, 2.45) is 0 Å². The number of carboxylic acid groups (broad SMARTS) is 1. The second kappa shape index (κ2) is 5.38. The number of halogens is 3. The van der Waals surface area contributed by atoms with E-state index in [1.54, 1.807) is 0 Å². The third-order valence-electron chi connectivity index (χ3n) is 1.79. The van der Waals surface area contributed by atoms with E-state index < -0.39 is 12.1 Å². The highest BCUT2D eigenvalue weighted by molar-refractivity contribution is 5.73. The highest BCUT2D eigenvalue weighted by Crippen LogP contribution is 2.21. The van der Waals surface area contributed by atoms with Crippen LogP contribution < -0.4 is 4.74 Å². The minimum atomic E-state index is -5.08. The van der Waals surface area contributed by atoms with Crippen LogP contribution in [-0.2, 0) is 4.79 Å². The predicted octanol–water partition coefficient (Wildman–Crippen LogP) is 2.73. The lowest BCUT2D eigenvalue weighted by Crippen LogP contribution is -2.21. The van der Waals surface area contributed by atoms with Crippen LogP contribution in [-0.4, -0.2) is 23.9 Å². The van der Waals surface area contributed by atoms with E-state index in [0.717, 1.165) is 5.75 Å². The number of para-hydroxylation sites is 1. The van der Waals surface area contributed by atoms with Crippen LogP contribution in [0.2, 0.25) is 0 Å². The summed E-state index contributed by atoms with van der Waals surface area (Å²) in [5.74, 6) is -1.77. The topological polar surface area (TPSA) is 46.5 Å². The third-order valence-corrected chi connectivity index (χ3v) is 1.79. The molecule has 0 amide bonds. The van der Waals surface area contributed by atoms with Gasteiger partial charge in [-0.05, 0) is 12.1 Å². The standard InChI is InChI=1S/C9H8O.C2HF3O2/c1-2-6-9-8(4-1)5-3-7-10-9;3-2(4,5)1(6)7/h1-6H,7H2;(H,6,7). The Morgan fingerprint density at radius 1 is 1.29 bits per heavy atom. The Morgan fingerprint density at radius 3 is 2.41 bits per heavy atom.